The molecule has 128 valence electrons. The molecule has 0 aliphatic heterocycles. The number of carbonyl (C=O) groups is 1. The van der Waals surface area contributed by atoms with Crippen molar-refractivity contribution in [2.75, 3.05) is 0 Å². The van der Waals surface area contributed by atoms with Crippen molar-refractivity contribution in [3.63, 3.8) is 0 Å². The topological polar surface area (TPSA) is 59.3 Å². The van der Waals surface area contributed by atoms with E-state index in [-0.39, 0.29) is 11.3 Å². The molecule has 2 aromatic carbocycles. The van der Waals surface area contributed by atoms with Crippen LogP contribution in [0.1, 0.15) is 30.3 Å². The van der Waals surface area contributed by atoms with Gasteiger partial charge < -0.3 is 9.67 Å². The predicted octanol–water partition coefficient (Wildman–Crippen LogP) is 4.93. The zero-order valence-electron chi connectivity index (χ0n) is 13.8. The van der Waals surface area contributed by atoms with Gasteiger partial charge in [0.1, 0.15) is 5.69 Å². The largest absolute Gasteiger partial charge is 0.477 e. The lowest BCUT2D eigenvalue weighted by Crippen LogP contribution is -2.27. The Balaban J connectivity index is 2.50. The summed E-state index contributed by atoms with van der Waals surface area (Å²) in [6.07, 6.45) is 1.63. The van der Waals surface area contributed by atoms with Crippen molar-refractivity contribution < 1.29 is 9.90 Å². The molecule has 1 N–H and O–H groups in total. The second-order valence-corrected chi connectivity index (χ2v) is 6.81. The number of rotatable bonds is 5. The lowest BCUT2D eigenvalue weighted by atomic mass is 9.96. The third-order valence-electron chi connectivity index (χ3n) is 4.23. The van der Waals surface area contributed by atoms with Crippen LogP contribution in [0.25, 0.3) is 21.9 Å². The number of halogens is 1. The van der Waals surface area contributed by atoms with Gasteiger partial charge in [0.2, 0.25) is 0 Å². The number of carboxylic acids is 1. The number of hydrogen-bond donors (Lipinski definition) is 1. The Morgan fingerprint density at radius 1 is 1.12 bits per heavy atom. The van der Waals surface area contributed by atoms with Crippen molar-refractivity contribution in [3.05, 3.63) is 69.1 Å². The van der Waals surface area contributed by atoms with Crippen LogP contribution in [0, 0.1) is 0 Å². The van der Waals surface area contributed by atoms with Crippen LogP contribution in [0.3, 0.4) is 0 Å². The minimum Gasteiger partial charge on any atom is -0.477 e. The molecule has 0 unspecified atom stereocenters. The molecule has 0 spiro atoms. The van der Waals surface area contributed by atoms with Crippen LogP contribution in [-0.2, 0) is 6.54 Å². The summed E-state index contributed by atoms with van der Waals surface area (Å²) in [7, 11) is 0. The fourth-order valence-corrected chi connectivity index (χ4v) is 3.43. The molecule has 0 fully saturated rings. The van der Waals surface area contributed by atoms with E-state index >= 15 is 0 Å². The first-order valence-electron chi connectivity index (χ1n) is 8.19. The van der Waals surface area contributed by atoms with Crippen LogP contribution in [0.2, 0.25) is 0 Å². The molecule has 1 aromatic heterocycles. The number of benzene rings is 2. The second kappa shape index (κ2) is 7.23. The summed E-state index contributed by atoms with van der Waals surface area (Å²) in [5, 5.41) is 11.1. The van der Waals surface area contributed by atoms with Gasteiger partial charge in [0, 0.05) is 22.0 Å². The number of nitrogens with zero attached hydrogens (tertiary/aromatic N) is 1. The van der Waals surface area contributed by atoms with Crippen molar-refractivity contribution in [1.82, 2.24) is 4.57 Å². The summed E-state index contributed by atoms with van der Waals surface area (Å²) in [4.78, 5) is 25.0. The third kappa shape index (κ3) is 3.24. The van der Waals surface area contributed by atoms with Crippen molar-refractivity contribution >= 4 is 32.7 Å². The lowest BCUT2D eigenvalue weighted by Gasteiger charge is -2.17. The SMILES string of the molecule is CCCCn1c(C(=O)O)c(-c2ccccc2)c2cc(Br)ccc2c1=O. The summed E-state index contributed by atoms with van der Waals surface area (Å²) in [6.45, 7) is 2.41. The normalized spacial score (nSPS) is 11.0. The highest BCUT2D eigenvalue weighted by Crippen LogP contribution is 2.32. The molecule has 3 aromatic rings. The molecule has 5 heteroatoms. The zero-order chi connectivity index (χ0) is 18.0. The van der Waals surface area contributed by atoms with E-state index in [1.165, 1.54) is 4.57 Å². The Morgan fingerprint density at radius 2 is 1.84 bits per heavy atom. The van der Waals surface area contributed by atoms with Gasteiger partial charge in [-0.25, -0.2) is 4.79 Å². The quantitative estimate of drug-likeness (QED) is 0.661. The van der Waals surface area contributed by atoms with Gasteiger partial charge in [-0.05, 0) is 35.6 Å². The number of carboxylic acid groups (broad SMARTS) is 1. The van der Waals surface area contributed by atoms with Gasteiger partial charge in [-0.1, -0.05) is 59.6 Å². The molecule has 0 saturated carbocycles. The van der Waals surface area contributed by atoms with Gasteiger partial charge in [-0.3, -0.25) is 4.79 Å². The third-order valence-corrected chi connectivity index (χ3v) is 4.73. The lowest BCUT2D eigenvalue weighted by molar-refractivity contribution is 0.0684. The first-order chi connectivity index (χ1) is 12.0. The number of fused-ring (bicyclic) bond motifs is 1. The Morgan fingerprint density at radius 3 is 2.48 bits per heavy atom. The molecule has 0 radical (unpaired) electrons. The van der Waals surface area contributed by atoms with Gasteiger partial charge in [0.05, 0.1) is 0 Å². The molecule has 3 rings (SSSR count). The van der Waals surface area contributed by atoms with E-state index in [9.17, 15) is 14.7 Å². The van der Waals surface area contributed by atoms with E-state index in [0.717, 1.165) is 22.9 Å². The zero-order valence-corrected chi connectivity index (χ0v) is 15.4. The predicted molar refractivity (Wildman–Crippen MR) is 103 cm³/mol. The molecule has 1 heterocycles. The fourth-order valence-electron chi connectivity index (χ4n) is 3.07. The molecule has 0 amide bonds. The average molecular weight is 400 g/mol. The van der Waals surface area contributed by atoms with Crippen molar-refractivity contribution in [3.8, 4) is 11.1 Å². The maximum absolute atomic E-state index is 12.9. The summed E-state index contributed by atoms with van der Waals surface area (Å²) >= 11 is 3.43. The van der Waals surface area contributed by atoms with E-state index < -0.39 is 5.97 Å². The Kier molecular flexibility index (Phi) is 5.04. The maximum Gasteiger partial charge on any atom is 0.353 e. The van der Waals surface area contributed by atoms with Crippen LogP contribution < -0.4 is 5.56 Å². The summed E-state index contributed by atoms with van der Waals surface area (Å²) in [5.74, 6) is -1.09. The van der Waals surface area contributed by atoms with Crippen molar-refractivity contribution in [1.29, 1.82) is 0 Å². The number of unbranched alkanes of at least 4 members (excludes halogenated alkanes) is 1. The van der Waals surface area contributed by atoms with E-state index in [2.05, 4.69) is 15.9 Å². The van der Waals surface area contributed by atoms with Crippen LogP contribution in [0.4, 0.5) is 0 Å². The highest BCUT2D eigenvalue weighted by atomic mass is 79.9. The molecule has 0 saturated heterocycles. The standard InChI is InChI=1S/C20H18BrNO3/c1-2-3-11-22-18(20(24)25)17(13-7-5-4-6-8-13)16-12-14(21)9-10-15(16)19(22)23/h4-10,12H,2-3,11H2,1H3,(H,24,25). The van der Waals surface area contributed by atoms with Crippen LogP contribution >= 0.6 is 15.9 Å². The Bertz CT molecular complexity index is 993. The second-order valence-electron chi connectivity index (χ2n) is 5.90. The van der Waals surface area contributed by atoms with Crippen LogP contribution in [0.5, 0.6) is 0 Å². The first kappa shape index (κ1) is 17.4. The van der Waals surface area contributed by atoms with E-state index in [4.69, 9.17) is 0 Å². The fraction of sp³-hybridized carbons (Fsp3) is 0.200. The highest BCUT2D eigenvalue weighted by Gasteiger charge is 2.22. The summed E-state index contributed by atoms with van der Waals surface area (Å²) < 4.78 is 2.21. The van der Waals surface area contributed by atoms with Gasteiger partial charge in [0.15, 0.2) is 0 Å². The number of pyridine rings is 1. The molecular formula is C20H18BrNO3. The van der Waals surface area contributed by atoms with Gasteiger partial charge >= 0.3 is 5.97 Å². The number of hydrogen-bond acceptors (Lipinski definition) is 2. The van der Waals surface area contributed by atoms with E-state index in [1.54, 1.807) is 6.07 Å². The first-order valence-corrected chi connectivity index (χ1v) is 8.98. The molecule has 0 atom stereocenters. The van der Waals surface area contributed by atoms with Gasteiger partial charge in [-0.2, -0.15) is 0 Å². The number of aromatic carboxylic acids is 1. The van der Waals surface area contributed by atoms with Crippen LogP contribution in [0.15, 0.2) is 57.8 Å². The molecular weight excluding hydrogens is 382 g/mol. The highest BCUT2D eigenvalue weighted by molar-refractivity contribution is 9.10. The molecule has 0 aliphatic carbocycles. The average Bonchev–Trinajstić information content (AvgIpc) is 2.61. The molecule has 0 aliphatic rings. The maximum atomic E-state index is 12.9. The Labute approximate surface area is 153 Å². The van der Waals surface area contributed by atoms with Crippen molar-refractivity contribution in [2.45, 2.75) is 26.3 Å². The Hall–Kier alpha value is -2.40. The number of aromatic nitrogens is 1. The minimum absolute atomic E-state index is 0.0512. The van der Waals surface area contributed by atoms with Gasteiger partial charge in [0.25, 0.3) is 5.56 Å². The molecule has 4 nitrogen and oxygen atoms in total. The van der Waals surface area contributed by atoms with Crippen molar-refractivity contribution in [2.24, 2.45) is 0 Å². The van der Waals surface area contributed by atoms with E-state index in [1.807, 2.05) is 49.4 Å². The summed E-state index contributed by atoms with van der Waals surface area (Å²) in [5.41, 5.74) is 1.16. The van der Waals surface area contributed by atoms with E-state index in [0.29, 0.717) is 22.9 Å². The monoisotopic (exact) mass is 399 g/mol. The van der Waals surface area contributed by atoms with Crippen LogP contribution in [-0.4, -0.2) is 15.6 Å². The smallest absolute Gasteiger partial charge is 0.353 e. The molecule has 0 bridgehead atoms. The van der Waals surface area contributed by atoms with Gasteiger partial charge in [-0.15, -0.1) is 0 Å². The minimum atomic E-state index is -1.09. The summed E-state index contributed by atoms with van der Waals surface area (Å²) in [6, 6.07) is 14.7. The molecule has 25 heavy (non-hydrogen) atoms.